The summed E-state index contributed by atoms with van der Waals surface area (Å²) in [5.41, 5.74) is 1.87. The summed E-state index contributed by atoms with van der Waals surface area (Å²) in [6.07, 6.45) is 0. The maximum Gasteiger partial charge on any atom is 0.338 e. The molecule has 0 bridgehead atoms. The molecule has 7 nitrogen and oxygen atoms in total. The summed E-state index contributed by atoms with van der Waals surface area (Å²) >= 11 is 7.22. The molecule has 2 aliphatic rings. The van der Waals surface area contributed by atoms with Gasteiger partial charge in [-0.2, -0.15) is 0 Å². The maximum atomic E-state index is 12.5. The summed E-state index contributed by atoms with van der Waals surface area (Å²) < 4.78 is 37.8. The first-order chi connectivity index (χ1) is 13.4. The largest absolute Gasteiger partial charge is 0.496 e. The predicted octanol–water partition coefficient (Wildman–Crippen LogP) is 3.32. The molecule has 28 heavy (non-hydrogen) atoms. The number of nitrogens with zero attached hydrogens (tertiary/aromatic N) is 2. The highest BCUT2D eigenvalue weighted by Gasteiger charge is 2.33. The summed E-state index contributed by atoms with van der Waals surface area (Å²) in [4.78, 5) is 15.1. The number of anilines is 1. The van der Waals surface area contributed by atoms with Gasteiger partial charge < -0.3 is 14.4 Å². The van der Waals surface area contributed by atoms with Crippen LogP contribution >= 0.6 is 23.4 Å². The fourth-order valence-electron chi connectivity index (χ4n) is 2.94. The van der Waals surface area contributed by atoms with Gasteiger partial charge in [0, 0.05) is 22.0 Å². The van der Waals surface area contributed by atoms with Gasteiger partial charge in [-0.25, -0.2) is 13.2 Å². The number of benzene rings is 2. The van der Waals surface area contributed by atoms with Crippen LogP contribution in [0.4, 0.5) is 5.69 Å². The van der Waals surface area contributed by atoms with Crippen molar-refractivity contribution < 1.29 is 22.7 Å². The van der Waals surface area contributed by atoms with E-state index in [4.69, 9.17) is 21.1 Å². The van der Waals surface area contributed by atoms with Gasteiger partial charge in [-0.05, 0) is 48.2 Å². The van der Waals surface area contributed by atoms with E-state index in [0.29, 0.717) is 33.6 Å². The number of methoxy groups -OCH3 is 1. The third-order valence-corrected chi connectivity index (χ3v) is 6.85. The summed E-state index contributed by atoms with van der Waals surface area (Å²) in [5.74, 6) is 0.0598. The minimum absolute atomic E-state index is 0.0177. The van der Waals surface area contributed by atoms with Crippen LogP contribution in [0, 0.1) is 0 Å². The highest BCUT2D eigenvalue weighted by atomic mass is 35.5. The number of amidine groups is 1. The van der Waals surface area contributed by atoms with Crippen LogP contribution in [0.2, 0.25) is 5.02 Å². The number of esters is 1. The molecular weight excluding hydrogens is 424 g/mol. The number of thioether (sulfide) groups is 1. The van der Waals surface area contributed by atoms with E-state index < -0.39 is 16.0 Å². The Hall–Kier alpha value is -2.23. The summed E-state index contributed by atoms with van der Waals surface area (Å²) in [6, 6.07) is 10.2. The van der Waals surface area contributed by atoms with Crippen molar-refractivity contribution in [2.45, 2.75) is 11.5 Å². The molecule has 2 aromatic rings. The Morgan fingerprint density at radius 2 is 2.11 bits per heavy atom. The second-order valence-electron chi connectivity index (χ2n) is 6.13. The summed E-state index contributed by atoms with van der Waals surface area (Å²) in [7, 11) is -1.89. The van der Waals surface area contributed by atoms with Gasteiger partial charge in [0.05, 0.1) is 24.1 Å². The highest BCUT2D eigenvalue weighted by Crippen LogP contribution is 2.42. The molecule has 0 unspecified atom stereocenters. The van der Waals surface area contributed by atoms with Gasteiger partial charge in [-0.3, -0.25) is 0 Å². The van der Waals surface area contributed by atoms with Crippen molar-refractivity contribution in [1.29, 1.82) is 0 Å². The van der Waals surface area contributed by atoms with Gasteiger partial charge in [0.25, 0.3) is 10.0 Å². The van der Waals surface area contributed by atoms with E-state index in [1.807, 2.05) is 4.90 Å². The summed E-state index contributed by atoms with van der Waals surface area (Å²) in [5, 5.41) is 0.934. The molecule has 10 heteroatoms. The minimum atomic E-state index is -3.42. The lowest BCUT2D eigenvalue weighted by Crippen LogP contribution is -2.35. The van der Waals surface area contributed by atoms with Crippen molar-refractivity contribution in [3.05, 3.63) is 52.5 Å². The lowest BCUT2D eigenvalue weighted by atomic mass is 10.2. The SMILES string of the molecule is COc1ccc(Cl)cc1COC(=O)c1ccc2c(c1)SC1=NS(=O)(=O)CCN12. The van der Waals surface area contributed by atoms with E-state index in [9.17, 15) is 13.2 Å². The van der Waals surface area contributed by atoms with Crippen LogP contribution < -0.4 is 9.64 Å². The molecule has 2 heterocycles. The zero-order chi connectivity index (χ0) is 19.9. The Morgan fingerprint density at radius 1 is 1.29 bits per heavy atom. The number of hydrogen-bond donors (Lipinski definition) is 0. The van der Waals surface area contributed by atoms with E-state index in [1.165, 1.54) is 18.9 Å². The Labute approximate surface area is 171 Å². The standard InChI is InChI=1S/C18H15ClN2O5S2/c1-25-15-5-3-13(19)8-12(15)10-26-17(22)11-2-4-14-16(9-11)27-18-20-28(23,24)7-6-21(14)18/h2-5,8-9H,6-7,10H2,1H3. The molecule has 0 fully saturated rings. The molecule has 4 rings (SSSR count). The van der Waals surface area contributed by atoms with Gasteiger partial charge in [0.2, 0.25) is 0 Å². The first kappa shape index (κ1) is 19.1. The number of carbonyl (C=O) groups excluding carboxylic acids is 1. The lowest BCUT2D eigenvalue weighted by molar-refractivity contribution is 0.0470. The predicted molar refractivity (Wildman–Crippen MR) is 108 cm³/mol. The fourth-order valence-corrected chi connectivity index (χ4v) is 5.43. The first-order valence-electron chi connectivity index (χ1n) is 8.28. The third kappa shape index (κ3) is 3.69. The van der Waals surface area contributed by atoms with Crippen LogP contribution in [0.5, 0.6) is 5.75 Å². The van der Waals surface area contributed by atoms with Crippen molar-refractivity contribution >= 4 is 50.2 Å². The van der Waals surface area contributed by atoms with Crippen molar-refractivity contribution in [1.82, 2.24) is 0 Å². The first-order valence-corrected chi connectivity index (χ1v) is 11.1. The molecule has 0 amide bonds. The van der Waals surface area contributed by atoms with Crippen LogP contribution in [-0.2, 0) is 21.4 Å². The van der Waals surface area contributed by atoms with E-state index in [-0.39, 0.29) is 12.4 Å². The van der Waals surface area contributed by atoms with E-state index in [0.717, 1.165) is 10.6 Å². The van der Waals surface area contributed by atoms with Crippen LogP contribution in [0.3, 0.4) is 0 Å². The number of fused-ring (bicyclic) bond motifs is 3. The average molecular weight is 439 g/mol. The zero-order valence-corrected chi connectivity index (χ0v) is 17.1. The normalized spacial score (nSPS) is 16.8. The van der Waals surface area contributed by atoms with Crippen LogP contribution in [0.25, 0.3) is 0 Å². The fraction of sp³-hybridized carbons (Fsp3) is 0.222. The number of rotatable bonds is 4. The van der Waals surface area contributed by atoms with Crippen molar-refractivity contribution in [3.63, 3.8) is 0 Å². The van der Waals surface area contributed by atoms with Gasteiger partial charge in [-0.15, -0.1) is 4.40 Å². The third-order valence-electron chi connectivity index (χ3n) is 4.31. The second-order valence-corrected chi connectivity index (χ2v) is 9.33. The van der Waals surface area contributed by atoms with E-state index in [2.05, 4.69) is 4.40 Å². The van der Waals surface area contributed by atoms with Crippen LogP contribution in [-0.4, -0.2) is 39.0 Å². The molecule has 0 radical (unpaired) electrons. The molecule has 2 aliphatic heterocycles. The van der Waals surface area contributed by atoms with E-state index in [1.54, 1.807) is 36.4 Å². The Balaban J connectivity index is 1.52. The molecule has 0 aromatic heterocycles. The Morgan fingerprint density at radius 3 is 2.89 bits per heavy atom. The van der Waals surface area contributed by atoms with Crippen molar-refractivity contribution in [3.8, 4) is 5.75 Å². The number of sulfonamides is 1. The topological polar surface area (TPSA) is 85.3 Å². The molecule has 146 valence electrons. The zero-order valence-electron chi connectivity index (χ0n) is 14.7. The average Bonchev–Trinajstić information content (AvgIpc) is 3.01. The van der Waals surface area contributed by atoms with Gasteiger partial charge in [-0.1, -0.05) is 11.6 Å². The quantitative estimate of drug-likeness (QED) is 0.677. The molecular formula is C18H15ClN2O5S2. The van der Waals surface area contributed by atoms with Crippen LogP contribution in [0.1, 0.15) is 15.9 Å². The number of carbonyl (C=O) groups is 1. The lowest BCUT2D eigenvalue weighted by Gasteiger charge is -2.22. The molecule has 0 saturated carbocycles. The van der Waals surface area contributed by atoms with E-state index >= 15 is 0 Å². The second kappa shape index (κ2) is 7.31. The molecule has 0 spiro atoms. The van der Waals surface area contributed by atoms with Crippen LogP contribution in [0.15, 0.2) is 45.7 Å². The monoisotopic (exact) mass is 438 g/mol. The molecule has 2 aromatic carbocycles. The molecule has 0 saturated heterocycles. The molecule has 0 aliphatic carbocycles. The number of ether oxygens (including phenoxy) is 2. The van der Waals surface area contributed by atoms with Crippen molar-refractivity contribution in [2.24, 2.45) is 4.40 Å². The van der Waals surface area contributed by atoms with Gasteiger partial charge in [0.15, 0.2) is 5.17 Å². The Bertz CT molecular complexity index is 1100. The minimum Gasteiger partial charge on any atom is -0.496 e. The van der Waals surface area contributed by atoms with Gasteiger partial charge in [0.1, 0.15) is 12.4 Å². The smallest absolute Gasteiger partial charge is 0.338 e. The molecule has 0 N–H and O–H groups in total. The Kier molecular flexibility index (Phi) is 4.98. The van der Waals surface area contributed by atoms with Gasteiger partial charge >= 0.3 is 5.97 Å². The highest BCUT2D eigenvalue weighted by molar-refractivity contribution is 8.15. The number of hydrogen-bond acceptors (Lipinski definition) is 7. The van der Waals surface area contributed by atoms with Crippen molar-refractivity contribution in [2.75, 3.05) is 24.3 Å². The maximum absolute atomic E-state index is 12.5. The summed E-state index contributed by atoms with van der Waals surface area (Å²) in [6.45, 7) is 0.364. The molecule has 0 atom stereocenters. The number of halogens is 1.